The van der Waals surface area contributed by atoms with Crippen LogP contribution in [0, 0.1) is 10.1 Å². The molecule has 0 spiro atoms. The number of nitro benzene ring substituents is 1. The van der Waals surface area contributed by atoms with Crippen molar-refractivity contribution in [3.63, 3.8) is 0 Å². The zero-order valence-electron chi connectivity index (χ0n) is 11.3. The van der Waals surface area contributed by atoms with E-state index in [1.807, 2.05) is 6.92 Å². The number of non-ortho nitro benzene ring substituents is 1. The molecule has 19 heavy (non-hydrogen) atoms. The second-order valence-electron chi connectivity index (χ2n) is 3.98. The van der Waals surface area contributed by atoms with Crippen LogP contribution in [0.3, 0.4) is 0 Å². The molecule has 6 heteroatoms. The summed E-state index contributed by atoms with van der Waals surface area (Å²) < 4.78 is 10.4. The third-order valence-electron chi connectivity index (χ3n) is 2.64. The average Bonchev–Trinajstić information content (AvgIpc) is 2.42. The highest BCUT2D eigenvalue weighted by Gasteiger charge is 2.10. The Hall–Kier alpha value is -1.66. The lowest BCUT2D eigenvalue weighted by atomic mass is 10.1. The van der Waals surface area contributed by atoms with Gasteiger partial charge in [-0.1, -0.05) is 0 Å². The van der Waals surface area contributed by atoms with Gasteiger partial charge >= 0.3 is 0 Å². The van der Waals surface area contributed by atoms with E-state index in [1.165, 1.54) is 12.1 Å². The Kier molecular flexibility index (Phi) is 6.84. The Morgan fingerprint density at radius 1 is 1.42 bits per heavy atom. The number of nitrogens with one attached hydrogen (secondary N) is 1. The zero-order chi connectivity index (χ0) is 14.1. The second kappa shape index (κ2) is 8.44. The molecule has 6 nitrogen and oxygen atoms in total. The van der Waals surface area contributed by atoms with Gasteiger partial charge in [0.05, 0.1) is 12.0 Å². The first-order valence-corrected chi connectivity index (χ1v) is 6.28. The van der Waals surface area contributed by atoms with Gasteiger partial charge in [0.1, 0.15) is 5.75 Å². The van der Waals surface area contributed by atoms with Crippen LogP contribution in [0.2, 0.25) is 0 Å². The number of hydrogen-bond donors (Lipinski definition) is 1. The molecule has 0 aliphatic carbocycles. The molecule has 0 atom stereocenters. The molecule has 0 saturated heterocycles. The molecule has 0 heterocycles. The van der Waals surface area contributed by atoms with Crippen molar-refractivity contribution >= 4 is 5.69 Å². The number of nitrogens with zero attached hydrogens (tertiary/aromatic N) is 1. The highest BCUT2D eigenvalue weighted by atomic mass is 16.6. The van der Waals surface area contributed by atoms with E-state index >= 15 is 0 Å². The van der Waals surface area contributed by atoms with Gasteiger partial charge in [0, 0.05) is 37.5 Å². The molecular weight excluding hydrogens is 248 g/mol. The van der Waals surface area contributed by atoms with Crippen LogP contribution in [0.4, 0.5) is 5.69 Å². The van der Waals surface area contributed by atoms with Gasteiger partial charge in [0.2, 0.25) is 0 Å². The number of hydrogen-bond acceptors (Lipinski definition) is 5. The molecule has 0 fully saturated rings. The lowest BCUT2D eigenvalue weighted by Crippen LogP contribution is -2.17. The van der Waals surface area contributed by atoms with Gasteiger partial charge in [-0.15, -0.1) is 0 Å². The molecular formula is C13H20N2O4. The zero-order valence-corrected chi connectivity index (χ0v) is 11.3. The summed E-state index contributed by atoms with van der Waals surface area (Å²) in [6.45, 7) is 4.73. The van der Waals surface area contributed by atoms with Crippen molar-refractivity contribution in [2.75, 3.05) is 26.9 Å². The van der Waals surface area contributed by atoms with E-state index in [2.05, 4.69) is 5.32 Å². The fourth-order valence-corrected chi connectivity index (χ4v) is 1.68. The third-order valence-corrected chi connectivity index (χ3v) is 2.64. The van der Waals surface area contributed by atoms with E-state index in [0.29, 0.717) is 12.3 Å². The summed E-state index contributed by atoms with van der Waals surface area (Å²) in [5.74, 6) is 0.655. The average molecular weight is 268 g/mol. The Morgan fingerprint density at radius 3 is 2.84 bits per heavy atom. The first-order chi connectivity index (χ1) is 9.19. The van der Waals surface area contributed by atoms with E-state index in [1.54, 1.807) is 13.2 Å². The maximum Gasteiger partial charge on any atom is 0.270 e. The van der Waals surface area contributed by atoms with Crippen LogP contribution in [0.1, 0.15) is 18.9 Å². The van der Waals surface area contributed by atoms with Crippen molar-refractivity contribution < 1.29 is 14.4 Å². The topological polar surface area (TPSA) is 73.6 Å². The highest BCUT2D eigenvalue weighted by Crippen LogP contribution is 2.23. The first-order valence-electron chi connectivity index (χ1n) is 6.28. The van der Waals surface area contributed by atoms with Crippen molar-refractivity contribution in [3.05, 3.63) is 33.9 Å². The van der Waals surface area contributed by atoms with Gasteiger partial charge < -0.3 is 14.8 Å². The van der Waals surface area contributed by atoms with Gasteiger partial charge in [-0.05, 0) is 26.0 Å². The van der Waals surface area contributed by atoms with Gasteiger partial charge in [-0.3, -0.25) is 10.1 Å². The maximum absolute atomic E-state index is 10.7. The summed E-state index contributed by atoms with van der Waals surface area (Å²) in [7, 11) is 1.56. The minimum atomic E-state index is -0.405. The molecule has 0 aromatic heterocycles. The van der Waals surface area contributed by atoms with E-state index in [-0.39, 0.29) is 5.69 Å². The molecule has 0 bridgehead atoms. The quantitative estimate of drug-likeness (QED) is 0.422. The molecule has 0 amide bonds. The Labute approximate surface area is 112 Å². The fraction of sp³-hybridized carbons (Fsp3) is 0.538. The number of benzene rings is 1. The number of nitro groups is 1. The Balaban J connectivity index is 2.50. The fourth-order valence-electron chi connectivity index (χ4n) is 1.68. The number of methoxy groups -OCH3 is 1. The van der Waals surface area contributed by atoms with E-state index in [4.69, 9.17) is 9.47 Å². The van der Waals surface area contributed by atoms with Crippen LogP contribution in [0.25, 0.3) is 0 Å². The molecule has 0 unspecified atom stereocenters. The van der Waals surface area contributed by atoms with E-state index < -0.39 is 4.92 Å². The normalized spacial score (nSPS) is 10.4. The molecule has 0 aliphatic heterocycles. The molecule has 106 valence electrons. The Bertz CT molecular complexity index is 410. The van der Waals surface area contributed by atoms with Crippen molar-refractivity contribution in [2.24, 2.45) is 0 Å². The number of rotatable bonds is 9. The minimum absolute atomic E-state index is 0.0758. The van der Waals surface area contributed by atoms with Crippen molar-refractivity contribution in [2.45, 2.75) is 19.9 Å². The van der Waals surface area contributed by atoms with Crippen LogP contribution in [-0.4, -0.2) is 31.8 Å². The molecule has 1 aromatic rings. The predicted octanol–water partition coefficient (Wildman–Crippen LogP) is 2.12. The molecule has 0 aliphatic rings. The van der Waals surface area contributed by atoms with Gasteiger partial charge in [0.15, 0.2) is 0 Å². The predicted molar refractivity (Wildman–Crippen MR) is 72.5 cm³/mol. The number of ether oxygens (including phenoxy) is 2. The summed E-state index contributed by atoms with van der Waals surface area (Å²) in [6, 6.07) is 4.60. The lowest BCUT2D eigenvalue weighted by molar-refractivity contribution is -0.384. The van der Waals surface area contributed by atoms with Crippen molar-refractivity contribution in [1.82, 2.24) is 5.32 Å². The van der Waals surface area contributed by atoms with Crippen LogP contribution in [0.5, 0.6) is 5.75 Å². The minimum Gasteiger partial charge on any atom is -0.496 e. The monoisotopic (exact) mass is 268 g/mol. The van der Waals surface area contributed by atoms with Crippen molar-refractivity contribution in [3.8, 4) is 5.75 Å². The first kappa shape index (κ1) is 15.4. The van der Waals surface area contributed by atoms with Crippen LogP contribution in [0.15, 0.2) is 18.2 Å². The largest absolute Gasteiger partial charge is 0.496 e. The lowest BCUT2D eigenvalue weighted by Gasteiger charge is -2.09. The van der Waals surface area contributed by atoms with Crippen LogP contribution < -0.4 is 10.1 Å². The maximum atomic E-state index is 10.7. The summed E-state index contributed by atoms with van der Waals surface area (Å²) >= 11 is 0. The van der Waals surface area contributed by atoms with Crippen LogP contribution in [-0.2, 0) is 11.3 Å². The smallest absolute Gasteiger partial charge is 0.270 e. The Morgan fingerprint density at radius 2 is 2.21 bits per heavy atom. The second-order valence-corrected chi connectivity index (χ2v) is 3.98. The summed E-state index contributed by atoms with van der Waals surface area (Å²) in [6.07, 6.45) is 0.908. The molecule has 1 rings (SSSR count). The summed E-state index contributed by atoms with van der Waals surface area (Å²) in [4.78, 5) is 10.3. The van der Waals surface area contributed by atoms with E-state index in [9.17, 15) is 10.1 Å². The van der Waals surface area contributed by atoms with Crippen molar-refractivity contribution in [1.29, 1.82) is 0 Å². The standard InChI is InChI=1S/C13H20N2O4/c1-3-19-8-4-7-14-10-11-9-12(15(16)17)5-6-13(11)18-2/h5-6,9,14H,3-4,7-8,10H2,1-2H3. The van der Waals surface area contributed by atoms with Crippen LogP contribution >= 0.6 is 0 Å². The molecule has 0 saturated carbocycles. The summed E-state index contributed by atoms with van der Waals surface area (Å²) in [5, 5.41) is 13.9. The molecule has 0 radical (unpaired) electrons. The highest BCUT2D eigenvalue weighted by molar-refractivity contribution is 5.43. The SMILES string of the molecule is CCOCCCNCc1cc([N+](=O)[O-])ccc1OC. The third kappa shape index (κ3) is 5.23. The van der Waals surface area contributed by atoms with Gasteiger partial charge in [-0.25, -0.2) is 0 Å². The molecule has 1 N–H and O–H groups in total. The summed E-state index contributed by atoms with van der Waals surface area (Å²) in [5.41, 5.74) is 0.861. The van der Waals surface area contributed by atoms with Gasteiger partial charge in [-0.2, -0.15) is 0 Å². The molecule has 1 aromatic carbocycles. The van der Waals surface area contributed by atoms with Gasteiger partial charge in [0.25, 0.3) is 5.69 Å². The van der Waals surface area contributed by atoms with E-state index in [0.717, 1.165) is 31.7 Å².